The van der Waals surface area contributed by atoms with E-state index in [0.29, 0.717) is 43.2 Å². The summed E-state index contributed by atoms with van der Waals surface area (Å²) in [5.41, 5.74) is 11.0. The quantitative estimate of drug-likeness (QED) is 0.451. The number of fused-ring (bicyclic) bond motifs is 1. The van der Waals surface area contributed by atoms with Crippen molar-refractivity contribution in [1.29, 1.82) is 0 Å². The van der Waals surface area contributed by atoms with Crippen LogP contribution in [-0.4, -0.2) is 54.0 Å². The Morgan fingerprint density at radius 2 is 1.94 bits per heavy atom. The largest absolute Gasteiger partial charge is 0.465 e. The van der Waals surface area contributed by atoms with Gasteiger partial charge in [-0.3, -0.25) is 9.59 Å². The van der Waals surface area contributed by atoms with E-state index in [-0.39, 0.29) is 37.2 Å². The highest BCUT2D eigenvalue weighted by Gasteiger charge is 2.21. The number of ether oxygens (including phenoxy) is 1. The summed E-state index contributed by atoms with van der Waals surface area (Å²) in [5, 5.41) is 9.21. The summed E-state index contributed by atoms with van der Waals surface area (Å²) in [4.78, 5) is 32.0. The first kappa shape index (κ1) is 27.1. The lowest BCUT2D eigenvalue weighted by Crippen LogP contribution is -2.35. The van der Waals surface area contributed by atoms with Gasteiger partial charge in [-0.05, 0) is 47.6 Å². The van der Waals surface area contributed by atoms with Crippen molar-refractivity contribution in [3.05, 3.63) is 59.2 Å². The zero-order valence-electron chi connectivity index (χ0n) is 21.5. The lowest BCUT2D eigenvalue weighted by molar-refractivity contribution is -0.143. The number of carbonyl (C=O) groups excluding carboxylic acids is 2. The van der Waals surface area contributed by atoms with E-state index < -0.39 is 0 Å². The smallest absolute Gasteiger partial charge is 0.310 e. The molecule has 1 aliphatic rings. The molecule has 7 nitrogen and oxygen atoms in total. The second kappa shape index (κ2) is 13.0. The average Bonchev–Trinajstić information content (AvgIpc) is 3.02. The number of nitrogens with zero attached hydrogens (tertiary/aromatic N) is 2. The van der Waals surface area contributed by atoms with Crippen LogP contribution in [0.25, 0.3) is 17.2 Å². The maximum absolute atomic E-state index is 13.3. The van der Waals surface area contributed by atoms with Crippen molar-refractivity contribution < 1.29 is 19.4 Å². The predicted molar refractivity (Wildman–Crippen MR) is 144 cm³/mol. The fraction of sp³-hybridized carbons (Fsp3) is 0.414. The first-order valence-electron chi connectivity index (χ1n) is 12.6. The molecule has 3 rings (SSSR count). The van der Waals surface area contributed by atoms with Gasteiger partial charge in [-0.1, -0.05) is 57.2 Å². The molecule has 3 N–H and O–H groups in total. The van der Waals surface area contributed by atoms with Crippen LogP contribution in [0, 0.1) is 5.92 Å². The number of aliphatic imine (C=N–C) groups is 1. The fourth-order valence-electron chi connectivity index (χ4n) is 4.17. The van der Waals surface area contributed by atoms with Crippen molar-refractivity contribution in [2.45, 2.75) is 46.5 Å². The number of amides is 1. The van der Waals surface area contributed by atoms with Gasteiger partial charge < -0.3 is 20.5 Å². The lowest BCUT2D eigenvalue weighted by atomic mass is 9.95. The molecule has 0 aliphatic carbocycles. The topological polar surface area (TPSA) is 105 Å². The van der Waals surface area contributed by atoms with Crippen LogP contribution in [0.4, 0.5) is 5.69 Å². The van der Waals surface area contributed by atoms with Crippen LogP contribution in [0.1, 0.15) is 51.2 Å². The highest BCUT2D eigenvalue weighted by molar-refractivity contribution is 6.05. The van der Waals surface area contributed by atoms with Gasteiger partial charge in [0.25, 0.3) is 0 Å². The van der Waals surface area contributed by atoms with Gasteiger partial charge in [0.15, 0.2) is 0 Å². The maximum Gasteiger partial charge on any atom is 0.310 e. The van der Waals surface area contributed by atoms with E-state index in [1.54, 1.807) is 4.90 Å². The van der Waals surface area contributed by atoms with Crippen LogP contribution in [0.2, 0.25) is 0 Å². The Morgan fingerprint density at radius 3 is 2.67 bits per heavy atom. The lowest BCUT2D eigenvalue weighted by Gasteiger charge is -2.23. The van der Waals surface area contributed by atoms with Crippen molar-refractivity contribution >= 4 is 29.5 Å². The van der Waals surface area contributed by atoms with E-state index in [4.69, 9.17) is 10.5 Å². The molecule has 0 spiro atoms. The molecule has 0 bridgehead atoms. The van der Waals surface area contributed by atoms with E-state index in [1.807, 2.05) is 69.3 Å². The van der Waals surface area contributed by atoms with Gasteiger partial charge >= 0.3 is 5.97 Å². The van der Waals surface area contributed by atoms with Gasteiger partial charge in [-0.15, -0.1) is 0 Å². The van der Waals surface area contributed by atoms with Crippen molar-refractivity contribution in [2.75, 3.05) is 26.3 Å². The number of hydrogen-bond acceptors (Lipinski definition) is 6. The summed E-state index contributed by atoms with van der Waals surface area (Å²) in [7, 11) is 0. The number of aliphatic hydroxyl groups excluding tert-OH is 1. The van der Waals surface area contributed by atoms with Gasteiger partial charge in [0, 0.05) is 37.3 Å². The molecule has 0 saturated carbocycles. The number of amidine groups is 1. The summed E-state index contributed by atoms with van der Waals surface area (Å²) in [6, 6.07) is 13.6. The van der Waals surface area contributed by atoms with Gasteiger partial charge in [0.2, 0.25) is 5.91 Å². The number of esters is 1. The number of rotatable bonds is 11. The molecule has 1 aliphatic heterocycles. The van der Waals surface area contributed by atoms with Gasteiger partial charge in [0.05, 0.1) is 18.7 Å². The van der Waals surface area contributed by atoms with E-state index in [1.165, 1.54) is 0 Å². The fourth-order valence-corrected chi connectivity index (χ4v) is 4.17. The Balaban J connectivity index is 1.90. The summed E-state index contributed by atoms with van der Waals surface area (Å²) >= 11 is 0. The third kappa shape index (κ3) is 7.28. The van der Waals surface area contributed by atoms with E-state index in [0.717, 1.165) is 28.7 Å². The molecule has 1 heterocycles. The highest BCUT2D eigenvalue weighted by atomic mass is 16.5. The van der Waals surface area contributed by atoms with Crippen molar-refractivity contribution in [1.82, 2.24) is 4.90 Å². The number of aliphatic hydroxyl groups is 1. The summed E-state index contributed by atoms with van der Waals surface area (Å²) in [5.74, 6) is 0.322. The Labute approximate surface area is 213 Å². The average molecular weight is 492 g/mol. The van der Waals surface area contributed by atoms with Crippen molar-refractivity contribution in [3.8, 4) is 11.1 Å². The predicted octanol–water partition coefficient (Wildman–Crippen LogP) is 4.49. The second-order valence-corrected chi connectivity index (χ2v) is 9.50. The molecule has 2 aromatic carbocycles. The number of carbonyl (C=O) groups is 2. The van der Waals surface area contributed by atoms with Crippen LogP contribution >= 0.6 is 0 Å². The Morgan fingerprint density at radius 1 is 1.17 bits per heavy atom. The molecule has 1 amide bonds. The zero-order valence-corrected chi connectivity index (χ0v) is 21.5. The molecule has 0 aromatic heterocycles. The van der Waals surface area contributed by atoms with Crippen LogP contribution in [-0.2, 0) is 20.7 Å². The number of hydrogen-bond donors (Lipinski definition) is 2. The minimum atomic E-state index is -0.253. The minimum absolute atomic E-state index is 0.0403. The third-order valence-corrected chi connectivity index (χ3v) is 5.88. The molecule has 7 heteroatoms. The van der Waals surface area contributed by atoms with Crippen LogP contribution in [0.3, 0.4) is 0 Å². The normalized spacial score (nSPS) is 12.9. The van der Waals surface area contributed by atoms with Gasteiger partial charge in [-0.2, -0.15) is 0 Å². The third-order valence-electron chi connectivity index (χ3n) is 5.88. The zero-order chi connectivity index (χ0) is 26.1. The monoisotopic (exact) mass is 491 g/mol. The van der Waals surface area contributed by atoms with E-state index in [2.05, 4.69) is 4.99 Å². The molecule has 0 fully saturated rings. The summed E-state index contributed by atoms with van der Waals surface area (Å²) in [6.45, 7) is 7.60. The minimum Gasteiger partial charge on any atom is -0.465 e. The molecule has 0 saturated heterocycles. The molecular weight excluding hydrogens is 454 g/mol. The molecule has 0 atom stereocenters. The number of benzene rings is 2. The molecule has 192 valence electrons. The Kier molecular flexibility index (Phi) is 9.82. The Bertz CT molecular complexity index is 1140. The summed E-state index contributed by atoms with van der Waals surface area (Å²) < 4.78 is 5.38. The first-order valence-corrected chi connectivity index (χ1v) is 12.6. The molecule has 0 unspecified atom stereocenters. The van der Waals surface area contributed by atoms with Crippen LogP contribution in [0.15, 0.2) is 53.0 Å². The number of nitrogens with two attached hydrogens (primary N) is 1. The standard InChI is InChI=1S/C29H37N3O4/c1-4-12-32(13-7-14-33)29(35)24-15-23-11-10-22(16-26(23)31-27(30)17-24)25-9-6-5-8-21(25)18-28(34)36-19-20(2)3/h5-6,8-11,15-16,20,33H,4,7,12-14,17-19H2,1-3H3,(H2,30,31). The maximum atomic E-state index is 13.3. The Hall–Kier alpha value is -3.45. The van der Waals surface area contributed by atoms with Crippen LogP contribution < -0.4 is 5.73 Å². The molecule has 36 heavy (non-hydrogen) atoms. The van der Waals surface area contributed by atoms with Crippen LogP contribution in [0.5, 0.6) is 0 Å². The van der Waals surface area contributed by atoms with Gasteiger partial charge in [0.1, 0.15) is 5.84 Å². The highest BCUT2D eigenvalue weighted by Crippen LogP contribution is 2.33. The van der Waals surface area contributed by atoms with E-state index in [9.17, 15) is 14.7 Å². The van der Waals surface area contributed by atoms with E-state index >= 15 is 0 Å². The van der Waals surface area contributed by atoms with Crippen molar-refractivity contribution in [3.63, 3.8) is 0 Å². The van der Waals surface area contributed by atoms with Crippen molar-refractivity contribution in [2.24, 2.45) is 16.6 Å². The molecule has 0 radical (unpaired) electrons. The second-order valence-electron chi connectivity index (χ2n) is 9.50. The molecular formula is C29H37N3O4. The molecule has 2 aromatic rings. The van der Waals surface area contributed by atoms with Gasteiger partial charge in [-0.25, -0.2) is 4.99 Å². The summed E-state index contributed by atoms with van der Waals surface area (Å²) in [6.07, 6.45) is 3.68. The first-order chi connectivity index (χ1) is 17.3. The SMILES string of the molecule is CCCN(CCCO)C(=O)C1=Cc2ccc(-c3ccccc3CC(=O)OCC(C)C)cc2N=C(N)C1.